The molecule has 0 aliphatic carbocycles. The van der Waals surface area contributed by atoms with E-state index in [1.165, 1.54) is 5.01 Å². The third-order valence-corrected chi connectivity index (χ3v) is 2.17. The summed E-state index contributed by atoms with van der Waals surface area (Å²) in [6, 6.07) is 0. The van der Waals surface area contributed by atoms with Crippen LogP contribution in [0.2, 0.25) is 0 Å². The number of rotatable bonds is 2. The van der Waals surface area contributed by atoms with Crippen LogP contribution in [0.5, 0.6) is 0 Å². The van der Waals surface area contributed by atoms with Crippen LogP contribution in [-0.2, 0) is 0 Å². The fourth-order valence-corrected chi connectivity index (χ4v) is 1.33. The van der Waals surface area contributed by atoms with E-state index in [0.717, 1.165) is 12.8 Å². The van der Waals surface area contributed by atoms with Gasteiger partial charge in [0.2, 0.25) is 5.28 Å². The van der Waals surface area contributed by atoms with Crippen LogP contribution >= 0.6 is 0 Å². The average Bonchev–Trinajstić information content (AvgIpc) is 2.17. The molecule has 0 saturated carbocycles. The third-order valence-electron chi connectivity index (χ3n) is 2.17. The van der Waals surface area contributed by atoms with Gasteiger partial charge in [-0.25, -0.2) is 0 Å². The molecule has 2 N–H and O–H groups in total. The van der Waals surface area contributed by atoms with Crippen molar-refractivity contribution in [2.75, 3.05) is 19.7 Å². The second kappa shape index (κ2) is 6.42. The summed E-state index contributed by atoms with van der Waals surface area (Å²) in [5, 5.41) is 31.6. The zero-order valence-corrected chi connectivity index (χ0v) is 9.76. The van der Waals surface area contributed by atoms with Crippen molar-refractivity contribution < 1.29 is 15.3 Å². The molecule has 1 rings (SSSR count). The summed E-state index contributed by atoms with van der Waals surface area (Å²) >= 11 is 0. The molecule has 0 atom stereocenters. The normalized spacial score (nSPS) is 19.8. The predicted octanol–water partition coefficient (Wildman–Crippen LogP) is -0.423. The van der Waals surface area contributed by atoms with Crippen LogP contribution in [-0.4, -0.2) is 69.5 Å². The second-order valence-electron chi connectivity index (χ2n) is 2.92. The van der Waals surface area contributed by atoms with Crippen molar-refractivity contribution in [3.05, 3.63) is 5.21 Å². The summed E-state index contributed by atoms with van der Waals surface area (Å²) in [7, 11) is 0. The van der Waals surface area contributed by atoms with Gasteiger partial charge in [-0.2, -0.15) is 0 Å². The fourth-order valence-electron chi connectivity index (χ4n) is 1.33. The maximum absolute atomic E-state index is 10.7. The van der Waals surface area contributed by atoms with Gasteiger partial charge in [0.05, 0.1) is 18.1 Å². The Balaban J connectivity index is 0.00000144. The minimum Gasteiger partial charge on any atom is -0.569 e. The maximum Gasteiger partial charge on any atom is 0.230 e. The molecule has 0 unspecified atom stereocenters. The molecule has 0 bridgehead atoms. The Hall–Kier alpha value is -0.0400. The fraction of sp³-hybridized carbons (Fsp3) is 1.00. The molecule has 7 heteroatoms. The van der Waals surface area contributed by atoms with E-state index in [-0.39, 0.29) is 47.1 Å². The molecule has 71 valence electrons. The van der Waals surface area contributed by atoms with Crippen LogP contribution in [0.25, 0.3) is 0 Å². The van der Waals surface area contributed by atoms with E-state index in [9.17, 15) is 5.21 Å². The Kier molecular flexibility index (Phi) is 6.40. The molecule has 1 heterocycles. The van der Waals surface area contributed by atoms with Crippen molar-refractivity contribution >= 4 is 29.6 Å². The van der Waals surface area contributed by atoms with Crippen LogP contribution in [0, 0.1) is 11.1 Å². The summed E-state index contributed by atoms with van der Waals surface area (Å²) in [5.41, 5.74) is 0. The van der Waals surface area contributed by atoms with Gasteiger partial charge in [-0.1, -0.05) is 0 Å². The zero-order chi connectivity index (χ0) is 8.97. The van der Waals surface area contributed by atoms with E-state index in [0.29, 0.717) is 13.1 Å². The summed E-state index contributed by atoms with van der Waals surface area (Å²) in [5.74, 6) is 0.286. The van der Waals surface area contributed by atoms with Gasteiger partial charge < -0.3 is 15.5 Å². The Morgan fingerprint density at radius 1 is 1.46 bits per heavy atom. The number of nitrogens with zero attached hydrogens (tertiary/aromatic N) is 3. The molecule has 1 saturated heterocycles. The molecule has 1 fully saturated rings. The number of aliphatic hydroxyl groups excluding tert-OH is 1. The first-order chi connectivity index (χ1) is 5.77. The minimum atomic E-state index is 0. The van der Waals surface area contributed by atoms with E-state index < -0.39 is 0 Å². The van der Waals surface area contributed by atoms with Gasteiger partial charge in [-0.15, -0.1) is 5.01 Å². The van der Waals surface area contributed by atoms with Gasteiger partial charge in [0.1, 0.15) is 0 Å². The van der Waals surface area contributed by atoms with Gasteiger partial charge in [0.25, 0.3) is 0 Å². The molecule has 0 amide bonds. The van der Waals surface area contributed by atoms with Crippen LogP contribution < -0.4 is 0 Å². The SMILES string of the molecule is [Na].[O-][N+](=NO)N1CCC(CO)CC1. The van der Waals surface area contributed by atoms with E-state index in [1.807, 2.05) is 0 Å². The molecule has 0 spiro atoms. The van der Waals surface area contributed by atoms with E-state index in [4.69, 9.17) is 10.3 Å². The molecule has 1 aliphatic rings. The van der Waals surface area contributed by atoms with Gasteiger partial charge in [0.15, 0.2) is 0 Å². The van der Waals surface area contributed by atoms with Gasteiger partial charge in [-0.3, -0.25) is 0 Å². The van der Waals surface area contributed by atoms with Gasteiger partial charge in [0, 0.05) is 36.2 Å². The molecular formula is C6H13N3NaO3. The standard InChI is InChI=1S/C6H13N3O3.Na/c10-5-6-1-3-8(4-2-6)9(12)7-11;/h6,10-11H,1-5H2;. The first-order valence-corrected chi connectivity index (χ1v) is 3.96. The average molecular weight is 198 g/mol. The second-order valence-corrected chi connectivity index (χ2v) is 2.92. The molecule has 1 aliphatic heterocycles. The van der Waals surface area contributed by atoms with E-state index in [2.05, 4.69) is 5.28 Å². The molecular weight excluding hydrogens is 185 g/mol. The van der Waals surface area contributed by atoms with Crippen molar-refractivity contribution in [3.8, 4) is 0 Å². The summed E-state index contributed by atoms with van der Waals surface area (Å²) in [4.78, 5) is 0.188. The maximum atomic E-state index is 10.7. The van der Waals surface area contributed by atoms with E-state index >= 15 is 0 Å². The number of aliphatic hydroxyl groups is 1. The first kappa shape index (κ1) is 13.0. The Morgan fingerprint density at radius 3 is 2.38 bits per heavy atom. The van der Waals surface area contributed by atoms with E-state index in [1.54, 1.807) is 0 Å². The van der Waals surface area contributed by atoms with Crippen molar-refractivity contribution in [1.82, 2.24) is 5.01 Å². The zero-order valence-electron chi connectivity index (χ0n) is 7.76. The minimum absolute atomic E-state index is 0. The van der Waals surface area contributed by atoms with Gasteiger partial charge >= 0.3 is 0 Å². The molecule has 13 heavy (non-hydrogen) atoms. The largest absolute Gasteiger partial charge is 0.569 e. The van der Waals surface area contributed by atoms with Gasteiger partial charge in [-0.05, 0) is 18.8 Å². The molecule has 0 aromatic heterocycles. The van der Waals surface area contributed by atoms with Crippen LogP contribution in [0.15, 0.2) is 5.28 Å². The Labute approximate surface area is 98.6 Å². The number of piperidine rings is 1. The third kappa shape index (κ3) is 3.68. The molecule has 6 nitrogen and oxygen atoms in total. The quantitative estimate of drug-likeness (QED) is 0.273. The molecule has 0 aromatic rings. The molecule has 0 aromatic carbocycles. The monoisotopic (exact) mass is 198 g/mol. The number of hydrazine groups is 1. The Bertz CT molecular complexity index is 171. The van der Waals surface area contributed by atoms with Crippen molar-refractivity contribution in [3.63, 3.8) is 0 Å². The summed E-state index contributed by atoms with van der Waals surface area (Å²) in [6.45, 7) is 1.25. The summed E-state index contributed by atoms with van der Waals surface area (Å²) in [6.07, 6.45) is 1.54. The molecule has 1 radical (unpaired) electrons. The van der Waals surface area contributed by atoms with Crippen LogP contribution in [0.1, 0.15) is 12.8 Å². The first-order valence-electron chi connectivity index (χ1n) is 3.96. The smallest absolute Gasteiger partial charge is 0.230 e. The summed E-state index contributed by atoms with van der Waals surface area (Å²) < 4.78 is 0. The van der Waals surface area contributed by atoms with Crippen LogP contribution in [0.4, 0.5) is 0 Å². The van der Waals surface area contributed by atoms with Crippen molar-refractivity contribution in [2.45, 2.75) is 12.8 Å². The van der Waals surface area contributed by atoms with Crippen LogP contribution in [0.3, 0.4) is 0 Å². The number of hydrogen-bond donors (Lipinski definition) is 2. The topological polar surface area (TPSA) is 82.1 Å². The Morgan fingerprint density at radius 2 is 2.00 bits per heavy atom. The number of hydrogen-bond acceptors (Lipinski definition) is 3. The van der Waals surface area contributed by atoms with Crippen molar-refractivity contribution in [2.24, 2.45) is 11.2 Å². The van der Waals surface area contributed by atoms with Crippen molar-refractivity contribution in [1.29, 1.82) is 0 Å². The predicted molar refractivity (Wildman–Crippen MR) is 45.0 cm³/mol.